The van der Waals surface area contributed by atoms with E-state index in [0.29, 0.717) is 5.69 Å². The Morgan fingerprint density at radius 3 is 2.53 bits per heavy atom. The Bertz CT molecular complexity index is 789. The van der Waals surface area contributed by atoms with Crippen molar-refractivity contribution in [1.82, 2.24) is 9.38 Å². The number of pyridine rings is 1. The summed E-state index contributed by atoms with van der Waals surface area (Å²) in [5.74, 6) is 0. The first-order valence-corrected chi connectivity index (χ1v) is 6.15. The third-order valence-electron chi connectivity index (χ3n) is 3.28. The molecular formula is C16H13N3. The quantitative estimate of drug-likeness (QED) is 0.660. The lowest BCUT2D eigenvalue weighted by Crippen LogP contribution is -1.89. The molecule has 3 heteroatoms. The summed E-state index contributed by atoms with van der Waals surface area (Å²) in [5, 5.41) is 9.40. The topological polar surface area (TPSA) is 41.1 Å². The molecule has 0 unspecified atom stereocenters. The zero-order valence-corrected chi connectivity index (χ0v) is 10.9. The summed E-state index contributed by atoms with van der Waals surface area (Å²) in [7, 11) is 0. The predicted octanol–water partition coefficient (Wildman–Crippen LogP) is 3.49. The zero-order chi connectivity index (χ0) is 13.4. The number of nitriles is 1. The van der Waals surface area contributed by atoms with E-state index in [9.17, 15) is 5.26 Å². The molecule has 0 radical (unpaired) electrons. The molecule has 0 N–H and O–H groups in total. The number of aromatic nitrogens is 2. The summed E-state index contributed by atoms with van der Waals surface area (Å²) in [6, 6.07) is 14.3. The van der Waals surface area contributed by atoms with Gasteiger partial charge < -0.3 is 0 Å². The van der Waals surface area contributed by atoms with E-state index in [1.54, 1.807) is 0 Å². The number of nitrogens with zero attached hydrogens (tertiary/aromatic N) is 3. The van der Waals surface area contributed by atoms with Crippen LogP contribution in [0.25, 0.3) is 16.9 Å². The molecule has 2 heterocycles. The summed E-state index contributed by atoms with van der Waals surface area (Å²) in [5.41, 5.74) is 5.42. The lowest BCUT2D eigenvalue weighted by molar-refractivity contribution is 1.14. The Morgan fingerprint density at radius 1 is 1.11 bits per heavy atom. The van der Waals surface area contributed by atoms with Crippen molar-refractivity contribution in [1.29, 1.82) is 5.26 Å². The van der Waals surface area contributed by atoms with Gasteiger partial charge in [0.1, 0.15) is 17.4 Å². The molecule has 0 saturated carbocycles. The van der Waals surface area contributed by atoms with Gasteiger partial charge in [-0.3, -0.25) is 4.40 Å². The molecule has 0 aliphatic carbocycles. The first-order valence-electron chi connectivity index (χ1n) is 6.15. The Kier molecular flexibility index (Phi) is 2.57. The average Bonchev–Trinajstić information content (AvgIpc) is 2.79. The Hall–Kier alpha value is -2.60. The van der Waals surface area contributed by atoms with Crippen LogP contribution in [0.5, 0.6) is 0 Å². The molecule has 0 bridgehead atoms. The minimum absolute atomic E-state index is 0.586. The third kappa shape index (κ3) is 1.78. The summed E-state index contributed by atoms with van der Waals surface area (Å²) in [6.45, 7) is 4.05. The van der Waals surface area contributed by atoms with Crippen LogP contribution < -0.4 is 0 Å². The minimum atomic E-state index is 0.586. The number of hydrogen-bond acceptors (Lipinski definition) is 2. The van der Waals surface area contributed by atoms with Crippen LogP contribution in [0.15, 0.2) is 42.6 Å². The van der Waals surface area contributed by atoms with Crippen LogP contribution in [0.3, 0.4) is 0 Å². The van der Waals surface area contributed by atoms with Gasteiger partial charge in [0.2, 0.25) is 0 Å². The molecule has 0 fully saturated rings. The first-order chi connectivity index (χ1) is 9.20. The number of fused-ring (bicyclic) bond motifs is 1. The number of aryl methyl sites for hydroxylation is 2. The van der Waals surface area contributed by atoms with Crippen LogP contribution in [0.1, 0.15) is 16.8 Å². The second-order valence-electron chi connectivity index (χ2n) is 4.67. The molecule has 0 aliphatic heterocycles. The maximum atomic E-state index is 9.40. The highest BCUT2D eigenvalue weighted by molar-refractivity contribution is 5.70. The Morgan fingerprint density at radius 2 is 1.84 bits per heavy atom. The second kappa shape index (κ2) is 4.25. The number of imidazole rings is 1. The van der Waals surface area contributed by atoms with Crippen molar-refractivity contribution in [2.24, 2.45) is 0 Å². The van der Waals surface area contributed by atoms with E-state index in [-0.39, 0.29) is 0 Å². The van der Waals surface area contributed by atoms with Crippen molar-refractivity contribution in [3.8, 4) is 17.3 Å². The van der Waals surface area contributed by atoms with Crippen LogP contribution in [-0.2, 0) is 0 Å². The molecule has 1 aromatic carbocycles. The smallest absolute Gasteiger partial charge is 0.152 e. The van der Waals surface area contributed by atoms with Crippen LogP contribution in [-0.4, -0.2) is 9.38 Å². The van der Waals surface area contributed by atoms with E-state index in [2.05, 4.69) is 11.1 Å². The molecule has 3 nitrogen and oxygen atoms in total. The summed E-state index contributed by atoms with van der Waals surface area (Å²) in [6.07, 6.45) is 1.88. The van der Waals surface area contributed by atoms with Gasteiger partial charge in [0, 0.05) is 11.8 Å². The van der Waals surface area contributed by atoms with Gasteiger partial charge in [-0.1, -0.05) is 35.9 Å². The lowest BCUT2D eigenvalue weighted by Gasteiger charge is -1.98. The van der Waals surface area contributed by atoms with Gasteiger partial charge in [-0.05, 0) is 25.5 Å². The van der Waals surface area contributed by atoms with E-state index in [0.717, 1.165) is 22.5 Å². The molecule has 19 heavy (non-hydrogen) atoms. The zero-order valence-electron chi connectivity index (χ0n) is 10.9. The fourth-order valence-corrected chi connectivity index (χ4v) is 2.22. The van der Waals surface area contributed by atoms with Crippen molar-refractivity contribution < 1.29 is 0 Å². The summed E-state index contributed by atoms with van der Waals surface area (Å²) in [4.78, 5) is 4.62. The monoisotopic (exact) mass is 247 g/mol. The highest BCUT2D eigenvalue weighted by Crippen LogP contribution is 2.25. The maximum Gasteiger partial charge on any atom is 0.152 e. The molecule has 3 aromatic rings. The van der Waals surface area contributed by atoms with Gasteiger partial charge in [0.15, 0.2) is 5.69 Å². The van der Waals surface area contributed by atoms with Crippen LogP contribution in [0, 0.1) is 25.2 Å². The molecule has 0 amide bonds. The van der Waals surface area contributed by atoms with Crippen molar-refractivity contribution in [3.05, 3.63) is 59.4 Å². The highest BCUT2D eigenvalue weighted by Gasteiger charge is 2.14. The SMILES string of the molecule is Cc1ccc(-c2nc3c(C)cccn3c2C#N)cc1. The van der Waals surface area contributed by atoms with E-state index in [4.69, 9.17) is 0 Å². The average molecular weight is 247 g/mol. The van der Waals surface area contributed by atoms with Gasteiger partial charge in [-0.15, -0.1) is 0 Å². The normalized spacial score (nSPS) is 10.6. The minimum Gasteiger partial charge on any atom is -0.291 e. The van der Waals surface area contributed by atoms with E-state index in [1.165, 1.54) is 5.56 Å². The number of hydrogen-bond donors (Lipinski definition) is 0. The maximum absolute atomic E-state index is 9.40. The fourth-order valence-electron chi connectivity index (χ4n) is 2.22. The van der Waals surface area contributed by atoms with E-state index >= 15 is 0 Å². The molecule has 0 atom stereocenters. The molecule has 0 spiro atoms. The summed E-state index contributed by atoms with van der Waals surface area (Å²) < 4.78 is 1.85. The van der Waals surface area contributed by atoms with Gasteiger partial charge >= 0.3 is 0 Å². The van der Waals surface area contributed by atoms with Crippen LogP contribution in [0.4, 0.5) is 0 Å². The molecule has 92 valence electrons. The van der Waals surface area contributed by atoms with Crippen molar-refractivity contribution >= 4 is 5.65 Å². The molecule has 3 rings (SSSR count). The summed E-state index contributed by atoms with van der Waals surface area (Å²) >= 11 is 0. The third-order valence-corrected chi connectivity index (χ3v) is 3.28. The lowest BCUT2D eigenvalue weighted by atomic mass is 10.1. The first kappa shape index (κ1) is 11.5. The second-order valence-corrected chi connectivity index (χ2v) is 4.67. The van der Waals surface area contributed by atoms with Crippen LogP contribution in [0.2, 0.25) is 0 Å². The fraction of sp³-hybridized carbons (Fsp3) is 0.125. The standard InChI is InChI=1S/C16H13N3/c1-11-5-7-13(8-6-11)15-14(10-17)19-9-3-4-12(2)16(19)18-15/h3-9H,1-2H3. The molecular weight excluding hydrogens is 234 g/mol. The van der Waals surface area contributed by atoms with Gasteiger partial charge in [-0.2, -0.15) is 5.26 Å². The Labute approximate surface area is 111 Å². The van der Waals surface area contributed by atoms with Crippen molar-refractivity contribution in [2.45, 2.75) is 13.8 Å². The number of benzene rings is 1. The predicted molar refractivity (Wildman–Crippen MR) is 74.8 cm³/mol. The van der Waals surface area contributed by atoms with Gasteiger partial charge in [0.05, 0.1) is 0 Å². The highest BCUT2D eigenvalue weighted by atomic mass is 15.0. The Balaban J connectivity index is 2.33. The van der Waals surface area contributed by atoms with E-state index in [1.807, 2.05) is 60.8 Å². The van der Waals surface area contributed by atoms with Crippen LogP contribution >= 0.6 is 0 Å². The van der Waals surface area contributed by atoms with Crippen molar-refractivity contribution in [3.63, 3.8) is 0 Å². The van der Waals surface area contributed by atoms with Gasteiger partial charge in [0.25, 0.3) is 0 Å². The van der Waals surface area contributed by atoms with Gasteiger partial charge in [-0.25, -0.2) is 4.98 Å². The molecule has 2 aromatic heterocycles. The molecule has 0 saturated heterocycles. The molecule has 0 aliphatic rings. The number of rotatable bonds is 1. The van der Waals surface area contributed by atoms with Crippen molar-refractivity contribution in [2.75, 3.05) is 0 Å². The van der Waals surface area contributed by atoms with E-state index < -0.39 is 0 Å². The largest absolute Gasteiger partial charge is 0.291 e.